The molecule has 2 saturated carbocycles. The van der Waals surface area contributed by atoms with Crippen molar-refractivity contribution in [2.24, 2.45) is 23.0 Å². The van der Waals surface area contributed by atoms with Crippen LogP contribution in [0.4, 0.5) is 0 Å². The van der Waals surface area contributed by atoms with Crippen LogP contribution in [0.3, 0.4) is 0 Å². The molecule has 1 aliphatic heterocycles. The second-order valence-electron chi connectivity index (χ2n) is 6.66. The van der Waals surface area contributed by atoms with E-state index in [4.69, 9.17) is 26.8 Å². The smallest absolute Gasteiger partial charge is 0.231 e. The van der Waals surface area contributed by atoms with Crippen molar-refractivity contribution in [3.05, 3.63) is 22.7 Å². The van der Waals surface area contributed by atoms with Crippen LogP contribution in [-0.4, -0.2) is 18.4 Å². The normalized spacial score (nSPS) is 34.4. The minimum Gasteiger partial charge on any atom is -0.454 e. The third-order valence-electron chi connectivity index (χ3n) is 5.71. The van der Waals surface area contributed by atoms with Crippen molar-refractivity contribution in [1.82, 2.24) is 0 Å². The van der Waals surface area contributed by atoms with Gasteiger partial charge in [-0.15, -0.1) is 0 Å². The number of aliphatic hydroxyl groups excluding tert-OH is 1. The van der Waals surface area contributed by atoms with Crippen molar-refractivity contribution < 1.29 is 14.6 Å². The van der Waals surface area contributed by atoms with E-state index in [1.807, 2.05) is 6.07 Å². The third kappa shape index (κ3) is 1.89. The summed E-state index contributed by atoms with van der Waals surface area (Å²) in [5, 5.41) is 11.5. The van der Waals surface area contributed by atoms with Gasteiger partial charge in [-0.25, -0.2) is 0 Å². The molecule has 0 amide bonds. The molecule has 5 heteroatoms. The van der Waals surface area contributed by atoms with Gasteiger partial charge in [0.05, 0.1) is 11.1 Å². The number of aliphatic hydroxyl groups is 1. The second-order valence-corrected chi connectivity index (χ2v) is 7.06. The van der Waals surface area contributed by atoms with E-state index in [0.29, 0.717) is 29.0 Å². The number of fused-ring (bicyclic) bond motifs is 3. The van der Waals surface area contributed by atoms with E-state index in [1.165, 1.54) is 19.3 Å². The molecule has 1 aromatic rings. The van der Waals surface area contributed by atoms with Crippen molar-refractivity contribution in [3.8, 4) is 11.5 Å². The number of rotatable bonds is 3. The molecule has 114 valence electrons. The van der Waals surface area contributed by atoms with E-state index in [-0.39, 0.29) is 12.2 Å². The largest absolute Gasteiger partial charge is 0.454 e. The Hall–Kier alpha value is -0.970. The lowest BCUT2D eigenvalue weighted by atomic mass is 9.67. The molecule has 2 fully saturated rings. The monoisotopic (exact) mass is 309 g/mol. The topological polar surface area (TPSA) is 64.7 Å². The summed E-state index contributed by atoms with van der Waals surface area (Å²) >= 11 is 6.25. The molecule has 2 bridgehead atoms. The molecule has 3 aliphatic rings. The third-order valence-corrected chi connectivity index (χ3v) is 5.99. The number of hydrogen-bond donors (Lipinski definition) is 2. The lowest BCUT2D eigenvalue weighted by molar-refractivity contribution is -0.0131. The highest BCUT2D eigenvalue weighted by Gasteiger charge is 2.54. The molecule has 4 atom stereocenters. The predicted molar refractivity (Wildman–Crippen MR) is 79.5 cm³/mol. The Balaban J connectivity index is 1.71. The van der Waals surface area contributed by atoms with Crippen LogP contribution in [0.1, 0.15) is 37.4 Å². The van der Waals surface area contributed by atoms with Crippen LogP contribution in [0.25, 0.3) is 0 Å². The first-order chi connectivity index (χ1) is 10.1. The maximum absolute atomic E-state index is 11.0. The van der Waals surface area contributed by atoms with Crippen molar-refractivity contribution in [3.63, 3.8) is 0 Å². The van der Waals surface area contributed by atoms with Crippen LogP contribution >= 0.6 is 11.6 Å². The molecular formula is C16H20ClNO3. The lowest BCUT2D eigenvalue weighted by Crippen LogP contribution is -2.41. The van der Waals surface area contributed by atoms with Crippen LogP contribution in [-0.2, 0) is 0 Å². The van der Waals surface area contributed by atoms with Gasteiger partial charge < -0.3 is 20.3 Å². The van der Waals surface area contributed by atoms with Crippen molar-refractivity contribution in [2.75, 3.05) is 13.3 Å². The number of benzene rings is 1. The molecule has 2 aliphatic carbocycles. The molecule has 4 unspecified atom stereocenters. The molecule has 21 heavy (non-hydrogen) atoms. The van der Waals surface area contributed by atoms with Gasteiger partial charge in [0.25, 0.3) is 0 Å². The summed E-state index contributed by atoms with van der Waals surface area (Å²) in [6.07, 6.45) is 4.08. The highest BCUT2D eigenvalue weighted by Crippen LogP contribution is 2.61. The van der Waals surface area contributed by atoms with Crippen LogP contribution in [0.5, 0.6) is 11.5 Å². The maximum atomic E-state index is 11.0. The maximum Gasteiger partial charge on any atom is 0.231 e. The summed E-state index contributed by atoms with van der Waals surface area (Å²) in [6, 6.07) is 3.64. The van der Waals surface area contributed by atoms with Gasteiger partial charge in [-0.3, -0.25) is 0 Å². The van der Waals surface area contributed by atoms with E-state index < -0.39 is 6.10 Å². The Morgan fingerprint density at radius 2 is 2.24 bits per heavy atom. The molecule has 1 aromatic carbocycles. The van der Waals surface area contributed by atoms with Crippen molar-refractivity contribution in [2.45, 2.75) is 31.8 Å². The van der Waals surface area contributed by atoms with E-state index in [9.17, 15) is 5.11 Å². The summed E-state index contributed by atoms with van der Waals surface area (Å²) in [4.78, 5) is 0. The zero-order chi connectivity index (χ0) is 14.6. The fourth-order valence-electron chi connectivity index (χ4n) is 4.66. The van der Waals surface area contributed by atoms with E-state index in [2.05, 4.69) is 0 Å². The summed E-state index contributed by atoms with van der Waals surface area (Å²) < 4.78 is 10.7. The van der Waals surface area contributed by atoms with Crippen LogP contribution < -0.4 is 15.2 Å². The minimum absolute atomic E-state index is 0.182. The summed E-state index contributed by atoms with van der Waals surface area (Å²) in [5.41, 5.74) is 6.68. The molecule has 0 radical (unpaired) electrons. The number of nitrogens with two attached hydrogens (primary N) is 1. The summed E-state index contributed by atoms with van der Waals surface area (Å²) in [5.74, 6) is 2.43. The van der Waals surface area contributed by atoms with Crippen molar-refractivity contribution >= 4 is 11.6 Å². The first kappa shape index (κ1) is 13.7. The van der Waals surface area contributed by atoms with E-state index in [0.717, 1.165) is 17.9 Å². The Morgan fingerprint density at radius 1 is 1.38 bits per heavy atom. The van der Waals surface area contributed by atoms with Gasteiger partial charge in [0.2, 0.25) is 6.79 Å². The second kappa shape index (κ2) is 4.77. The molecular weight excluding hydrogens is 290 g/mol. The summed E-state index contributed by atoms with van der Waals surface area (Å²) in [6.45, 7) is 0.697. The van der Waals surface area contributed by atoms with Gasteiger partial charge in [-0.2, -0.15) is 0 Å². The Kier molecular flexibility index (Phi) is 3.10. The number of ether oxygens (including phenoxy) is 2. The van der Waals surface area contributed by atoms with E-state index in [1.54, 1.807) is 6.07 Å². The highest BCUT2D eigenvalue weighted by atomic mass is 35.5. The van der Waals surface area contributed by atoms with Gasteiger partial charge in [0.15, 0.2) is 11.5 Å². The fraction of sp³-hybridized carbons (Fsp3) is 0.625. The molecule has 0 spiro atoms. The van der Waals surface area contributed by atoms with Crippen molar-refractivity contribution in [1.29, 1.82) is 0 Å². The molecule has 1 heterocycles. The average molecular weight is 310 g/mol. The van der Waals surface area contributed by atoms with Gasteiger partial charge in [0, 0.05) is 12.0 Å². The van der Waals surface area contributed by atoms with Gasteiger partial charge in [-0.05, 0) is 48.8 Å². The summed E-state index contributed by atoms with van der Waals surface area (Å²) in [7, 11) is 0. The molecule has 4 rings (SSSR count). The molecule has 0 aromatic heterocycles. The average Bonchev–Trinajstić information content (AvgIpc) is 3.20. The van der Waals surface area contributed by atoms with Gasteiger partial charge in [0.1, 0.15) is 0 Å². The Bertz CT molecular complexity index is 579. The lowest BCUT2D eigenvalue weighted by Gasteiger charge is -2.41. The Morgan fingerprint density at radius 3 is 2.90 bits per heavy atom. The highest BCUT2D eigenvalue weighted by molar-refractivity contribution is 6.32. The van der Waals surface area contributed by atoms with Crippen LogP contribution in [0.15, 0.2) is 12.1 Å². The molecule has 3 N–H and O–H groups in total. The standard InChI is InChI=1S/C16H20ClNO3/c17-12-4-10(5-13-14(12)21-8-20-13)15(19)16(7-18)6-9-1-2-11(16)3-9/h4-5,9,11,15,19H,1-3,6-8,18H2. The zero-order valence-corrected chi connectivity index (χ0v) is 12.6. The molecule has 4 nitrogen and oxygen atoms in total. The minimum atomic E-state index is -0.593. The van der Waals surface area contributed by atoms with E-state index >= 15 is 0 Å². The van der Waals surface area contributed by atoms with Crippen LogP contribution in [0.2, 0.25) is 5.02 Å². The SMILES string of the molecule is NCC1(C(O)c2cc(Cl)c3c(c2)OCO3)CC2CCC1C2. The van der Waals surface area contributed by atoms with Gasteiger partial charge >= 0.3 is 0 Å². The predicted octanol–water partition coefficient (Wildman–Crippen LogP) is 2.87. The number of hydrogen-bond acceptors (Lipinski definition) is 4. The molecule has 0 saturated heterocycles. The zero-order valence-electron chi connectivity index (χ0n) is 11.8. The first-order valence-corrected chi connectivity index (χ1v) is 7.99. The Labute approximate surface area is 129 Å². The number of halogens is 1. The quantitative estimate of drug-likeness (QED) is 0.901. The van der Waals surface area contributed by atoms with Gasteiger partial charge in [-0.1, -0.05) is 18.0 Å². The first-order valence-electron chi connectivity index (χ1n) is 7.61. The fourth-order valence-corrected chi connectivity index (χ4v) is 4.93. The van der Waals surface area contributed by atoms with Crippen LogP contribution in [0, 0.1) is 17.3 Å².